The Bertz CT molecular complexity index is 970. The summed E-state index contributed by atoms with van der Waals surface area (Å²) in [5.41, 5.74) is 2.59. The average molecular weight is 453 g/mol. The Hall–Kier alpha value is -2.50. The maximum atomic E-state index is 14.0. The fourth-order valence-corrected chi connectivity index (χ4v) is 4.15. The van der Waals surface area contributed by atoms with E-state index in [0.29, 0.717) is 13.1 Å². The van der Waals surface area contributed by atoms with Crippen LogP contribution < -0.4 is 0 Å². The van der Waals surface area contributed by atoms with Gasteiger partial charge in [0.1, 0.15) is 5.82 Å². The first-order valence-corrected chi connectivity index (χ1v) is 10.5. The van der Waals surface area contributed by atoms with E-state index in [-0.39, 0.29) is 17.5 Å². The number of carbonyl (C=O) groups excluding carboxylic acids is 1. The second kappa shape index (κ2) is 8.89. The Morgan fingerprint density at radius 3 is 2.03 bits per heavy atom. The SMILES string of the molecule is O=C(c1ccccc1F)N1CCN([C@H](c2ccccc2)c2ccc(Br)cc2)CC1. The van der Waals surface area contributed by atoms with Gasteiger partial charge in [0.2, 0.25) is 0 Å². The molecule has 0 bridgehead atoms. The Kier molecular flexibility index (Phi) is 6.07. The maximum Gasteiger partial charge on any atom is 0.256 e. The van der Waals surface area contributed by atoms with Gasteiger partial charge in [-0.1, -0.05) is 70.5 Å². The number of halogens is 2. The normalized spacial score (nSPS) is 15.9. The van der Waals surface area contributed by atoms with Gasteiger partial charge in [0.15, 0.2) is 0 Å². The third-order valence-corrected chi connectivity index (χ3v) is 5.90. The molecule has 1 amide bonds. The van der Waals surface area contributed by atoms with Crippen molar-refractivity contribution in [3.63, 3.8) is 0 Å². The summed E-state index contributed by atoms with van der Waals surface area (Å²) in [6.45, 7) is 2.62. The molecule has 1 atom stereocenters. The molecule has 0 saturated carbocycles. The molecule has 148 valence electrons. The number of benzene rings is 3. The van der Waals surface area contributed by atoms with Gasteiger partial charge in [0.05, 0.1) is 11.6 Å². The van der Waals surface area contributed by atoms with Crippen molar-refractivity contribution in [2.75, 3.05) is 26.2 Å². The molecule has 1 aliphatic rings. The number of amides is 1. The minimum absolute atomic E-state index is 0.120. The summed E-state index contributed by atoms with van der Waals surface area (Å²) in [4.78, 5) is 16.9. The molecule has 0 unspecified atom stereocenters. The molecule has 0 N–H and O–H groups in total. The fraction of sp³-hybridized carbons (Fsp3) is 0.208. The molecule has 3 aromatic rings. The van der Waals surface area contributed by atoms with Crippen LogP contribution in [0.5, 0.6) is 0 Å². The molecule has 0 aromatic heterocycles. The van der Waals surface area contributed by atoms with E-state index in [1.165, 1.54) is 17.2 Å². The van der Waals surface area contributed by atoms with Gasteiger partial charge in [-0.3, -0.25) is 9.69 Å². The summed E-state index contributed by atoms with van der Waals surface area (Å²) in [7, 11) is 0. The smallest absolute Gasteiger partial charge is 0.256 e. The largest absolute Gasteiger partial charge is 0.336 e. The third kappa shape index (κ3) is 4.41. The van der Waals surface area contributed by atoms with Crippen molar-refractivity contribution in [1.29, 1.82) is 0 Å². The second-order valence-corrected chi connectivity index (χ2v) is 8.09. The highest BCUT2D eigenvalue weighted by Crippen LogP contribution is 2.30. The van der Waals surface area contributed by atoms with E-state index < -0.39 is 5.82 Å². The standard InChI is InChI=1S/C24H22BrFN2O/c25-20-12-10-19(11-13-20)23(18-6-2-1-3-7-18)27-14-16-28(17-15-27)24(29)21-8-4-5-9-22(21)26/h1-13,23H,14-17H2/t23-/m1/s1. The van der Waals surface area contributed by atoms with Gasteiger partial charge >= 0.3 is 0 Å². The molecular weight excluding hydrogens is 431 g/mol. The molecule has 3 aromatic carbocycles. The van der Waals surface area contributed by atoms with E-state index in [2.05, 4.69) is 69.4 Å². The van der Waals surface area contributed by atoms with Gasteiger partial charge < -0.3 is 4.90 Å². The predicted molar refractivity (Wildman–Crippen MR) is 116 cm³/mol. The van der Waals surface area contributed by atoms with Crippen molar-refractivity contribution in [1.82, 2.24) is 9.80 Å². The highest BCUT2D eigenvalue weighted by molar-refractivity contribution is 9.10. The molecule has 0 radical (unpaired) electrons. The summed E-state index contributed by atoms with van der Waals surface area (Å²) < 4.78 is 15.1. The fourth-order valence-electron chi connectivity index (χ4n) is 3.88. The Balaban J connectivity index is 1.53. The van der Waals surface area contributed by atoms with Crippen LogP contribution in [0.2, 0.25) is 0 Å². The molecule has 0 spiro atoms. The number of rotatable bonds is 4. The molecular formula is C24H22BrFN2O. The first-order chi connectivity index (χ1) is 14.1. The Morgan fingerprint density at radius 2 is 1.38 bits per heavy atom. The van der Waals surface area contributed by atoms with Crippen molar-refractivity contribution in [2.45, 2.75) is 6.04 Å². The van der Waals surface area contributed by atoms with Crippen LogP contribution in [-0.2, 0) is 0 Å². The summed E-state index contributed by atoms with van der Waals surface area (Å²) >= 11 is 3.51. The van der Waals surface area contributed by atoms with Crippen molar-refractivity contribution < 1.29 is 9.18 Å². The van der Waals surface area contributed by atoms with Gasteiger partial charge in [-0.15, -0.1) is 0 Å². The number of hydrogen-bond donors (Lipinski definition) is 0. The van der Waals surface area contributed by atoms with E-state index in [1.807, 2.05) is 6.07 Å². The van der Waals surface area contributed by atoms with Gasteiger partial charge in [0, 0.05) is 30.7 Å². The number of nitrogens with zero attached hydrogens (tertiary/aromatic N) is 2. The van der Waals surface area contributed by atoms with E-state index in [9.17, 15) is 9.18 Å². The highest BCUT2D eigenvalue weighted by Gasteiger charge is 2.29. The molecule has 1 heterocycles. The molecule has 1 fully saturated rings. The topological polar surface area (TPSA) is 23.6 Å². The van der Waals surface area contributed by atoms with E-state index in [4.69, 9.17) is 0 Å². The summed E-state index contributed by atoms with van der Waals surface area (Å²) in [6, 6.07) is 25.1. The molecule has 5 heteroatoms. The molecule has 0 aliphatic carbocycles. The average Bonchev–Trinajstić information content (AvgIpc) is 2.76. The van der Waals surface area contributed by atoms with Gasteiger partial charge in [-0.05, 0) is 35.4 Å². The zero-order chi connectivity index (χ0) is 20.2. The lowest BCUT2D eigenvalue weighted by Gasteiger charge is -2.39. The molecule has 4 rings (SSSR count). The van der Waals surface area contributed by atoms with Crippen LogP contribution in [-0.4, -0.2) is 41.9 Å². The van der Waals surface area contributed by atoms with Crippen molar-refractivity contribution in [2.24, 2.45) is 0 Å². The van der Waals surface area contributed by atoms with Crippen LogP contribution >= 0.6 is 15.9 Å². The van der Waals surface area contributed by atoms with E-state index in [0.717, 1.165) is 17.6 Å². The number of piperazine rings is 1. The van der Waals surface area contributed by atoms with Crippen LogP contribution in [0.4, 0.5) is 4.39 Å². The van der Waals surface area contributed by atoms with Gasteiger partial charge in [-0.25, -0.2) is 4.39 Å². The zero-order valence-electron chi connectivity index (χ0n) is 16.0. The maximum absolute atomic E-state index is 14.0. The second-order valence-electron chi connectivity index (χ2n) is 7.17. The van der Waals surface area contributed by atoms with Crippen LogP contribution in [0.1, 0.15) is 27.5 Å². The van der Waals surface area contributed by atoms with Crippen molar-refractivity contribution in [3.8, 4) is 0 Å². The zero-order valence-corrected chi connectivity index (χ0v) is 17.6. The first kappa shape index (κ1) is 19.8. The Labute approximate surface area is 178 Å². The van der Waals surface area contributed by atoms with E-state index in [1.54, 1.807) is 23.1 Å². The molecule has 1 saturated heterocycles. The summed E-state index contributed by atoms with van der Waals surface area (Å²) in [5, 5.41) is 0. The van der Waals surface area contributed by atoms with Crippen molar-refractivity contribution in [3.05, 3.63) is 106 Å². The monoisotopic (exact) mass is 452 g/mol. The third-order valence-electron chi connectivity index (χ3n) is 5.37. The van der Waals surface area contributed by atoms with Gasteiger partial charge in [0.25, 0.3) is 5.91 Å². The van der Waals surface area contributed by atoms with Crippen molar-refractivity contribution >= 4 is 21.8 Å². The quantitative estimate of drug-likeness (QED) is 0.547. The number of hydrogen-bond acceptors (Lipinski definition) is 2. The lowest BCUT2D eigenvalue weighted by Crippen LogP contribution is -2.50. The first-order valence-electron chi connectivity index (χ1n) is 9.72. The van der Waals surface area contributed by atoms with Crippen LogP contribution in [0, 0.1) is 5.82 Å². The van der Waals surface area contributed by atoms with E-state index >= 15 is 0 Å². The minimum Gasteiger partial charge on any atom is -0.336 e. The summed E-state index contributed by atoms with van der Waals surface area (Å²) in [6.07, 6.45) is 0. The molecule has 29 heavy (non-hydrogen) atoms. The number of carbonyl (C=O) groups is 1. The van der Waals surface area contributed by atoms with Gasteiger partial charge in [-0.2, -0.15) is 0 Å². The molecule has 1 aliphatic heterocycles. The predicted octanol–water partition coefficient (Wildman–Crippen LogP) is 5.14. The van der Waals surface area contributed by atoms with Crippen LogP contribution in [0.3, 0.4) is 0 Å². The molecule has 3 nitrogen and oxygen atoms in total. The van der Waals surface area contributed by atoms with Crippen LogP contribution in [0.15, 0.2) is 83.3 Å². The Morgan fingerprint density at radius 1 is 0.793 bits per heavy atom. The minimum atomic E-state index is -0.461. The summed E-state index contributed by atoms with van der Waals surface area (Å²) in [5.74, 6) is -0.695. The highest BCUT2D eigenvalue weighted by atomic mass is 79.9. The lowest BCUT2D eigenvalue weighted by atomic mass is 9.96. The lowest BCUT2D eigenvalue weighted by molar-refractivity contribution is 0.0593. The van der Waals surface area contributed by atoms with Crippen LogP contribution in [0.25, 0.3) is 0 Å².